The van der Waals surface area contributed by atoms with E-state index < -0.39 is 5.60 Å². The molecule has 0 saturated heterocycles. The van der Waals surface area contributed by atoms with Crippen molar-refractivity contribution in [1.82, 2.24) is 4.90 Å². The number of hydrogen-bond donors (Lipinski definition) is 1. The van der Waals surface area contributed by atoms with Crippen LogP contribution in [-0.2, 0) is 13.0 Å². The van der Waals surface area contributed by atoms with E-state index in [0.717, 1.165) is 31.4 Å². The average Bonchev–Trinajstić information content (AvgIpc) is 2.46. The van der Waals surface area contributed by atoms with Gasteiger partial charge in [0.25, 0.3) is 5.69 Å². The maximum absolute atomic E-state index is 10.8. The smallest absolute Gasteiger partial charge is 0.269 e. The molecule has 1 aromatic carbocycles. The quantitative estimate of drug-likeness (QED) is 0.664. The third-order valence-corrected chi connectivity index (χ3v) is 4.33. The first-order valence-corrected chi connectivity index (χ1v) is 7.18. The van der Waals surface area contributed by atoms with Crippen LogP contribution in [0, 0.1) is 10.1 Å². The van der Waals surface area contributed by atoms with Gasteiger partial charge in [0.15, 0.2) is 0 Å². The fourth-order valence-corrected chi connectivity index (χ4v) is 2.74. The number of rotatable bonds is 5. The molecule has 2 rings (SSSR count). The molecular weight excluding hydrogens is 256 g/mol. The summed E-state index contributed by atoms with van der Waals surface area (Å²) in [7, 11) is 0. The average molecular weight is 278 g/mol. The first-order chi connectivity index (χ1) is 9.47. The molecule has 1 heterocycles. The number of hydrogen-bond acceptors (Lipinski definition) is 4. The lowest BCUT2D eigenvalue weighted by Crippen LogP contribution is -2.44. The topological polar surface area (TPSA) is 66.6 Å². The number of β-amino-alcohol motifs (C(OH)–C–C–N with tert-alkyl or cyclic N) is 1. The molecule has 0 amide bonds. The molecule has 20 heavy (non-hydrogen) atoms. The van der Waals surface area contributed by atoms with Crippen molar-refractivity contribution in [3.63, 3.8) is 0 Å². The summed E-state index contributed by atoms with van der Waals surface area (Å²) in [6, 6.07) is 5.10. The lowest BCUT2D eigenvalue weighted by molar-refractivity contribution is -0.385. The maximum Gasteiger partial charge on any atom is 0.269 e. The van der Waals surface area contributed by atoms with E-state index >= 15 is 0 Å². The maximum atomic E-state index is 10.8. The molecular formula is C15H22N2O3. The van der Waals surface area contributed by atoms with Gasteiger partial charge in [-0.25, -0.2) is 0 Å². The molecule has 0 radical (unpaired) electrons. The molecule has 0 aromatic heterocycles. The number of nitro benzene ring substituents is 1. The predicted octanol–water partition coefficient (Wildman–Crippen LogP) is 2.50. The van der Waals surface area contributed by atoms with Crippen LogP contribution in [0.25, 0.3) is 0 Å². The van der Waals surface area contributed by atoms with Crippen LogP contribution >= 0.6 is 0 Å². The summed E-state index contributed by atoms with van der Waals surface area (Å²) in [6.45, 7) is 6.19. The molecule has 0 spiro atoms. The zero-order chi connectivity index (χ0) is 14.8. The van der Waals surface area contributed by atoms with Crippen molar-refractivity contribution >= 4 is 5.69 Å². The molecule has 1 aliphatic rings. The minimum Gasteiger partial charge on any atom is -0.389 e. The Morgan fingerprint density at radius 2 is 2.05 bits per heavy atom. The van der Waals surface area contributed by atoms with Crippen molar-refractivity contribution in [2.24, 2.45) is 0 Å². The zero-order valence-electron chi connectivity index (χ0n) is 12.1. The van der Waals surface area contributed by atoms with Gasteiger partial charge in [0.1, 0.15) is 0 Å². The predicted molar refractivity (Wildman–Crippen MR) is 77.6 cm³/mol. The SMILES string of the molecule is CCC(O)(CC)CN1CCc2ccc([N+](=O)[O-])cc2C1. The summed E-state index contributed by atoms with van der Waals surface area (Å²) in [5.41, 5.74) is 1.69. The van der Waals surface area contributed by atoms with Crippen LogP contribution in [0.3, 0.4) is 0 Å². The molecule has 1 N–H and O–H groups in total. The van der Waals surface area contributed by atoms with Crippen molar-refractivity contribution in [2.45, 2.75) is 45.3 Å². The Morgan fingerprint density at radius 3 is 2.65 bits per heavy atom. The molecule has 0 unspecified atom stereocenters. The second-order valence-corrected chi connectivity index (χ2v) is 5.60. The van der Waals surface area contributed by atoms with Crippen LogP contribution < -0.4 is 0 Å². The van der Waals surface area contributed by atoms with Crippen molar-refractivity contribution in [2.75, 3.05) is 13.1 Å². The van der Waals surface area contributed by atoms with E-state index in [1.54, 1.807) is 12.1 Å². The van der Waals surface area contributed by atoms with Gasteiger partial charge in [0.2, 0.25) is 0 Å². The van der Waals surface area contributed by atoms with Gasteiger partial charge in [-0.15, -0.1) is 0 Å². The van der Waals surface area contributed by atoms with E-state index in [2.05, 4.69) is 4.90 Å². The summed E-state index contributed by atoms with van der Waals surface area (Å²) in [6.07, 6.45) is 2.33. The Hall–Kier alpha value is -1.46. The number of fused-ring (bicyclic) bond motifs is 1. The van der Waals surface area contributed by atoms with Gasteiger partial charge in [0.05, 0.1) is 10.5 Å². The monoisotopic (exact) mass is 278 g/mol. The van der Waals surface area contributed by atoms with Gasteiger partial charge < -0.3 is 5.11 Å². The number of benzene rings is 1. The molecule has 110 valence electrons. The Labute approximate surface area is 119 Å². The minimum absolute atomic E-state index is 0.145. The molecule has 5 nitrogen and oxygen atoms in total. The fourth-order valence-electron chi connectivity index (χ4n) is 2.74. The molecule has 0 saturated carbocycles. The fraction of sp³-hybridized carbons (Fsp3) is 0.600. The summed E-state index contributed by atoms with van der Waals surface area (Å²) < 4.78 is 0. The van der Waals surface area contributed by atoms with E-state index in [9.17, 15) is 15.2 Å². The summed E-state index contributed by atoms with van der Waals surface area (Å²) in [5, 5.41) is 21.3. The summed E-state index contributed by atoms with van der Waals surface area (Å²) in [5.74, 6) is 0. The third kappa shape index (κ3) is 3.16. The third-order valence-electron chi connectivity index (χ3n) is 4.33. The molecule has 1 aliphatic heterocycles. The highest BCUT2D eigenvalue weighted by atomic mass is 16.6. The summed E-state index contributed by atoms with van der Waals surface area (Å²) >= 11 is 0. The van der Waals surface area contributed by atoms with E-state index in [1.165, 1.54) is 5.56 Å². The first kappa shape index (κ1) is 14.9. The van der Waals surface area contributed by atoms with Gasteiger partial charge in [-0.05, 0) is 30.4 Å². The van der Waals surface area contributed by atoms with Gasteiger partial charge in [-0.3, -0.25) is 15.0 Å². The molecule has 0 aliphatic carbocycles. The Morgan fingerprint density at radius 1 is 1.35 bits per heavy atom. The number of nitrogens with zero attached hydrogens (tertiary/aromatic N) is 2. The van der Waals surface area contributed by atoms with E-state index in [4.69, 9.17) is 0 Å². The Kier molecular flexibility index (Phi) is 4.40. The zero-order valence-corrected chi connectivity index (χ0v) is 12.1. The first-order valence-electron chi connectivity index (χ1n) is 7.18. The van der Waals surface area contributed by atoms with Gasteiger partial charge in [0, 0.05) is 31.8 Å². The highest BCUT2D eigenvalue weighted by Gasteiger charge is 2.28. The molecule has 0 fully saturated rings. The van der Waals surface area contributed by atoms with Crippen LogP contribution in [0.4, 0.5) is 5.69 Å². The lowest BCUT2D eigenvalue weighted by atomic mass is 9.93. The van der Waals surface area contributed by atoms with Gasteiger partial charge in [-0.2, -0.15) is 0 Å². The van der Waals surface area contributed by atoms with Crippen LogP contribution in [0.15, 0.2) is 18.2 Å². The standard InChI is InChI=1S/C15H22N2O3/c1-3-15(18,4-2)11-16-8-7-12-5-6-14(17(19)20)9-13(12)10-16/h5-6,9,18H,3-4,7-8,10-11H2,1-2H3. The highest BCUT2D eigenvalue weighted by Crippen LogP contribution is 2.26. The van der Waals surface area contributed by atoms with E-state index in [-0.39, 0.29) is 10.6 Å². The van der Waals surface area contributed by atoms with E-state index in [1.807, 2.05) is 19.9 Å². The molecule has 0 bridgehead atoms. The normalized spacial score (nSPS) is 15.9. The van der Waals surface area contributed by atoms with Gasteiger partial charge >= 0.3 is 0 Å². The summed E-state index contributed by atoms with van der Waals surface area (Å²) in [4.78, 5) is 12.7. The number of nitro groups is 1. The van der Waals surface area contributed by atoms with Crippen molar-refractivity contribution in [3.05, 3.63) is 39.4 Å². The van der Waals surface area contributed by atoms with Crippen LogP contribution in [0.1, 0.15) is 37.8 Å². The molecule has 1 aromatic rings. The number of non-ortho nitro benzene ring substituents is 1. The van der Waals surface area contributed by atoms with Crippen molar-refractivity contribution in [3.8, 4) is 0 Å². The minimum atomic E-state index is -0.655. The van der Waals surface area contributed by atoms with E-state index in [0.29, 0.717) is 13.1 Å². The lowest BCUT2D eigenvalue weighted by Gasteiger charge is -2.35. The second-order valence-electron chi connectivity index (χ2n) is 5.60. The van der Waals surface area contributed by atoms with Crippen LogP contribution in [-0.4, -0.2) is 33.6 Å². The molecule has 0 atom stereocenters. The van der Waals surface area contributed by atoms with Crippen molar-refractivity contribution < 1.29 is 10.0 Å². The van der Waals surface area contributed by atoms with Gasteiger partial charge in [-0.1, -0.05) is 19.9 Å². The Bertz CT molecular complexity index is 498. The second kappa shape index (κ2) is 5.89. The largest absolute Gasteiger partial charge is 0.389 e. The van der Waals surface area contributed by atoms with Crippen LogP contribution in [0.5, 0.6) is 0 Å². The molecule has 5 heteroatoms. The van der Waals surface area contributed by atoms with Crippen molar-refractivity contribution in [1.29, 1.82) is 0 Å². The highest BCUT2D eigenvalue weighted by molar-refractivity contribution is 5.41. The number of aliphatic hydroxyl groups is 1. The van der Waals surface area contributed by atoms with Crippen LogP contribution in [0.2, 0.25) is 0 Å². The Balaban J connectivity index is 2.13.